The number of hydrogen-bond acceptors (Lipinski definition) is 3. The number of benzene rings is 1. The smallest absolute Gasteiger partial charge is 0.390 e. The van der Waals surface area contributed by atoms with Crippen LogP contribution in [0.4, 0.5) is 18.0 Å². The number of hydrogen-bond donors (Lipinski definition) is 1. The lowest BCUT2D eigenvalue weighted by atomic mass is 10.2. The van der Waals surface area contributed by atoms with E-state index in [-0.39, 0.29) is 13.1 Å². The van der Waals surface area contributed by atoms with Gasteiger partial charge in [-0.25, -0.2) is 4.79 Å². The molecule has 0 radical (unpaired) electrons. The Morgan fingerprint density at radius 3 is 2.74 bits per heavy atom. The van der Waals surface area contributed by atoms with Gasteiger partial charge in [-0.1, -0.05) is 0 Å². The van der Waals surface area contributed by atoms with Gasteiger partial charge in [0.2, 0.25) is 0 Å². The summed E-state index contributed by atoms with van der Waals surface area (Å²) in [6.45, 7) is 0.686. The third-order valence-corrected chi connectivity index (χ3v) is 3.77. The van der Waals surface area contributed by atoms with Gasteiger partial charge >= 0.3 is 12.2 Å². The fraction of sp³-hybridized carbons (Fsp3) is 0.500. The van der Waals surface area contributed by atoms with Crippen LogP contribution in [0, 0.1) is 0 Å². The molecule has 9 heteroatoms. The van der Waals surface area contributed by atoms with Crippen LogP contribution in [0.5, 0.6) is 11.5 Å². The second-order valence-corrected chi connectivity index (χ2v) is 5.90. The van der Waals surface area contributed by atoms with Gasteiger partial charge in [-0.15, -0.1) is 0 Å². The van der Waals surface area contributed by atoms with Gasteiger partial charge in [0.1, 0.15) is 13.2 Å². The average molecular weight is 397 g/mol. The van der Waals surface area contributed by atoms with Crippen molar-refractivity contribution in [2.75, 3.05) is 26.8 Å². The van der Waals surface area contributed by atoms with E-state index in [1.165, 1.54) is 7.05 Å². The van der Waals surface area contributed by atoms with E-state index in [1.54, 1.807) is 12.1 Å². The van der Waals surface area contributed by atoms with E-state index in [0.29, 0.717) is 29.2 Å². The molecule has 1 aromatic carbocycles. The molecule has 0 spiro atoms. The van der Waals surface area contributed by atoms with Crippen molar-refractivity contribution in [1.82, 2.24) is 10.2 Å². The lowest BCUT2D eigenvalue weighted by molar-refractivity contribution is -0.136. The van der Waals surface area contributed by atoms with Gasteiger partial charge in [-0.2, -0.15) is 13.2 Å². The van der Waals surface area contributed by atoms with Crippen molar-refractivity contribution in [2.24, 2.45) is 0 Å². The Labute approximate surface area is 139 Å². The topological polar surface area (TPSA) is 50.8 Å². The summed E-state index contributed by atoms with van der Waals surface area (Å²) < 4.78 is 48.1. The summed E-state index contributed by atoms with van der Waals surface area (Å²) in [7, 11) is 1.32. The minimum atomic E-state index is -4.28. The molecule has 1 heterocycles. The van der Waals surface area contributed by atoms with Crippen LogP contribution in [0.15, 0.2) is 16.6 Å². The number of alkyl halides is 3. The van der Waals surface area contributed by atoms with Crippen molar-refractivity contribution < 1.29 is 27.4 Å². The highest BCUT2D eigenvalue weighted by molar-refractivity contribution is 9.10. The molecular weight excluding hydrogens is 381 g/mol. The Bertz CT molecular complexity index is 581. The molecule has 2 rings (SSSR count). The summed E-state index contributed by atoms with van der Waals surface area (Å²) in [5.41, 5.74) is 0.749. The number of carbonyl (C=O) groups excluding carboxylic acids is 1. The van der Waals surface area contributed by atoms with Crippen molar-refractivity contribution in [3.05, 3.63) is 22.2 Å². The molecule has 0 aliphatic carbocycles. The maximum absolute atomic E-state index is 12.1. The molecule has 1 aliphatic rings. The number of nitrogens with one attached hydrogen (secondary N) is 1. The minimum Gasteiger partial charge on any atom is -0.486 e. The van der Waals surface area contributed by atoms with Crippen LogP contribution in [-0.2, 0) is 6.54 Å². The number of ether oxygens (including phenoxy) is 2. The number of amides is 2. The van der Waals surface area contributed by atoms with Crippen LogP contribution in [-0.4, -0.2) is 43.9 Å². The Morgan fingerprint density at radius 2 is 2.04 bits per heavy atom. The summed E-state index contributed by atoms with van der Waals surface area (Å²) in [4.78, 5) is 12.8. The van der Waals surface area contributed by atoms with Crippen LogP contribution in [0.3, 0.4) is 0 Å². The lowest BCUT2D eigenvalue weighted by Gasteiger charge is -2.21. The SMILES string of the molecule is CN(CCC(F)(F)F)C(=O)NCc1cc(Br)c2c(c1)OCCO2. The second kappa shape index (κ2) is 7.29. The molecule has 2 amide bonds. The zero-order valence-electron chi connectivity index (χ0n) is 12.4. The van der Waals surface area contributed by atoms with Crippen LogP contribution in [0.25, 0.3) is 0 Å². The molecule has 0 aromatic heterocycles. The first-order chi connectivity index (χ1) is 10.8. The molecule has 1 N–H and O–H groups in total. The molecular formula is C14H16BrF3N2O3. The third-order valence-electron chi connectivity index (χ3n) is 3.18. The van der Waals surface area contributed by atoms with Crippen LogP contribution >= 0.6 is 15.9 Å². The van der Waals surface area contributed by atoms with Crippen molar-refractivity contribution in [2.45, 2.75) is 19.1 Å². The average Bonchev–Trinajstić information content (AvgIpc) is 2.49. The molecule has 1 aromatic rings. The highest BCUT2D eigenvalue weighted by atomic mass is 79.9. The first kappa shape index (κ1) is 17.7. The number of halogens is 4. The van der Waals surface area contributed by atoms with E-state index >= 15 is 0 Å². The lowest BCUT2D eigenvalue weighted by Crippen LogP contribution is -2.38. The largest absolute Gasteiger partial charge is 0.486 e. The summed E-state index contributed by atoms with van der Waals surface area (Å²) >= 11 is 3.36. The predicted octanol–water partition coefficient (Wildman–Crippen LogP) is 3.31. The maximum atomic E-state index is 12.1. The standard InChI is InChI=1S/C14H16BrF3N2O3/c1-20(3-2-14(16,17)18)13(21)19-8-9-6-10(15)12-11(7-9)22-4-5-23-12/h6-7H,2-5,8H2,1H3,(H,19,21). The highest BCUT2D eigenvalue weighted by Gasteiger charge is 2.28. The molecule has 0 saturated carbocycles. The van der Waals surface area contributed by atoms with Crippen LogP contribution < -0.4 is 14.8 Å². The van der Waals surface area contributed by atoms with Gasteiger partial charge in [0.05, 0.1) is 10.9 Å². The summed E-state index contributed by atoms with van der Waals surface area (Å²) in [5, 5.41) is 2.57. The van der Waals surface area contributed by atoms with Gasteiger partial charge < -0.3 is 19.7 Å². The van der Waals surface area contributed by atoms with Crippen molar-refractivity contribution in [1.29, 1.82) is 0 Å². The van der Waals surface area contributed by atoms with Gasteiger partial charge in [0.15, 0.2) is 11.5 Å². The second-order valence-electron chi connectivity index (χ2n) is 5.05. The normalized spacial score (nSPS) is 13.6. The molecule has 0 bridgehead atoms. The summed E-state index contributed by atoms with van der Waals surface area (Å²) in [6.07, 6.45) is -5.32. The van der Waals surface area contributed by atoms with E-state index in [2.05, 4.69) is 21.2 Å². The number of carbonyl (C=O) groups is 1. The fourth-order valence-electron chi connectivity index (χ4n) is 1.97. The maximum Gasteiger partial charge on any atom is 0.390 e. The molecule has 5 nitrogen and oxygen atoms in total. The fourth-order valence-corrected chi connectivity index (χ4v) is 2.58. The zero-order chi connectivity index (χ0) is 17.0. The molecule has 1 aliphatic heterocycles. The molecule has 0 fully saturated rings. The molecule has 0 saturated heterocycles. The van der Waals surface area contributed by atoms with Gasteiger partial charge in [-0.05, 0) is 33.6 Å². The van der Waals surface area contributed by atoms with Crippen molar-refractivity contribution in [3.8, 4) is 11.5 Å². The Balaban J connectivity index is 1.90. The Hall–Kier alpha value is -1.64. The van der Waals surface area contributed by atoms with Crippen LogP contribution in [0.2, 0.25) is 0 Å². The van der Waals surface area contributed by atoms with Crippen LogP contribution in [0.1, 0.15) is 12.0 Å². The highest BCUT2D eigenvalue weighted by Crippen LogP contribution is 2.38. The van der Waals surface area contributed by atoms with Gasteiger partial charge in [-0.3, -0.25) is 0 Å². The number of urea groups is 1. The Kier molecular flexibility index (Phi) is 5.61. The molecule has 128 valence electrons. The first-order valence-corrected chi connectivity index (χ1v) is 7.69. The van der Waals surface area contributed by atoms with Gasteiger partial charge in [0.25, 0.3) is 0 Å². The van der Waals surface area contributed by atoms with E-state index in [1.807, 2.05) is 0 Å². The van der Waals surface area contributed by atoms with E-state index in [4.69, 9.17) is 9.47 Å². The predicted molar refractivity (Wildman–Crippen MR) is 80.7 cm³/mol. The van der Waals surface area contributed by atoms with E-state index < -0.39 is 18.6 Å². The number of rotatable bonds is 4. The number of fused-ring (bicyclic) bond motifs is 1. The monoisotopic (exact) mass is 396 g/mol. The summed E-state index contributed by atoms with van der Waals surface area (Å²) in [6, 6.07) is 2.93. The quantitative estimate of drug-likeness (QED) is 0.849. The van der Waals surface area contributed by atoms with E-state index in [9.17, 15) is 18.0 Å². The summed E-state index contributed by atoms with van der Waals surface area (Å²) in [5.74, 6) is 1.17. The van der Waals surface area contributed by atoms with E-state index in [0.717, 1.165) is 10.5 Å². The zero-order valence-corrected chi connectivity index (χ0v) is 14.0. The molecule has 23 heavy (non-hydrogen) atoms. The van der Waals surface area contributed by atoms with Gasteiger partial charge in [0, 0.05) is 20.1 Å². The third kappa shape index (κ3) is 5.19. The van der Waals surface area contributed by atoms with Crippen molar-refractivity contribution >= 4 is 22.0 Å². The molecule has 0 atom stereocenters. The van der Waals surface area contributed by atoms with Crippen molar-refractivity contribution in [3.63, 3.8) is 0 Å². The molecule has 0 unspecified atom stereocenters. The number of nitrogens with zero attached hydrogens (tertiary/aromatic N) is 1. The minimum absolute atomic E-state index is 0.171. The Morgan fingerprint density at radius 1 is 1.35 bits per heavy atom. The first-order valence-electron chi connectivity index (χ1n) is 6.90.